The number of imide groups is 1. The number of aromatic nitrogens is 1. The third kappa shape index (κ3) is 4.00. The Bertz CT molecular complexity index is 1130. The summed E-state index contributed by atoms with van der Waals surface area (Å²) >= 11 is 0. The lowest BCUT2D eigenvalue weighted by Crippen LogP contribution is -2.41. The average molecular weight is 403 g/mol. The number of rotatable bonds is 4. The van der Waals surface area contributed by atoms with Crippen molar-refractivity contribution < 1.29 is 19.1 Å². The maximum absolute atomic E-state index is 13.0. The zero-order valence-corrected chi connectivity index (χ0v) is 16.5. The second-order valence-corrected chi connectivity index (χ2v) is 7.14. The zero-order chi connectivity index (χ0) is 21.1. The molecule has 0 radical (unpaired) electrons. The van der Waals surface area contributed by atoms with Crippen molar-refractivity contribution in [2.45, 2.75) is 32.3 Å². The molecule has 0 fully saturated rings. The average Bonchev–Trinajstić information content (AvgIpc) is 3.20. The normalized spacial score (nSPS) is 13.4. The van der Waals surface area contributed by atoms with Crippen LogP contribution in [0.5, 0.6) is 0 Å². The van der Waals surface area contributed by atoms with Gasteiger partial charge in [0.1, 0.15) is 0 Å². The number of benzene rings is 2. The van der Waals surface area contributed by atoms with Crippen molar-refractivity contribution in [1.82, 2.24) is 10.3 Å². The first-order valence-corrected chi connectivity index (χ1v) is 9.81. The molecule has 0 aliphatic heterocycles. The van der Waals surface area contributed by atoms with E-state index in [1.807, 2.05) is 30.3 Å². The van der Waals surface area contributed by atoms with E-state index in [-0.39, 0.29) is 0 Å². The Labute approximate surface area is 173 Å². The summed E-state index contributed by atoms with van der Waals surface area (Å²) in [6.45, 7) is 1.44. The van der Waals surface area contributed by atoms with Crippen molar-refractivity contribution in [1.29, 1.82) is 0 Å². The number of carbonyl (C=O) groups excluding carboxylic acids is 3. The van der Waals surface area contributed by atoms with Crippen molar-refractivity contribution in [3.8, 4) is 0 Å². The number of esters is 1. The van der Waals surface area contributed by atoms with Crippen LogP contribution in [0, 0.1) is 0 Å². The number of pyridine rings is 1. The quantitative estimate of drug-likeness (QED) is 0.649. The van der Waals surface area contributed by atoms with Crippen LogP contribution in [0.15, 0.2) is 54.6 Å². The number of aryl methyl sites for hydroxylation is 1. The molecule has 0 bridgehead atoms. The molecule has 1 unspecified atom stereocenters. The number of hydrogen-bond donors (Lipinski definition) is 2. The van der Waals surface area contributed by atoms with Gasteiger partial charge in [-0.25, -0.2) is 9.59 Å². The van der Waals surface area contributed by atoms with Crippen molar-refractivity contribution >= 4 is 34.5 Å². The molecule has 2 N–H and O–H groups in total. The number of nitrogens with zero attached hydrogens (tertiary/aromatic N) is 1. The van der Waals surface area contributed by atoms with E-state index in [0.717, 1.165) is 36.0 Å². The first kappa shape index (κ1) is 19.6. The smallest absolute Gasteiger partial charge is 0.339 e. The van der Waals surface area contributed by atoms with Crippen molar-refractivity contribution in [3.05, 3.63) is 71.4 Å². The summed E-state index contributed by atoms with van der Waals surface area (Å²) in [6.07, 6.45) is 1.35. The standard InChI is InChI=1S/C23H21N3O4/c1-14(21(27)26-23(29)24-15-8-3-2-4-9-15)30-22(28)20-16-10-5-6-12-18(16)25-19-13-7-11-17(19)20/h2-6,8-10,12,14H,7,11,13H2,1H3,(H2,24,26,27,29). The van der Waals surface area contributed by atoms with Crippen LogP contribution in [-0.2, 0) is 22.4 Å². The maximum Gasteiger partial charge on any atom is 0.339 e. The molecule has 2 aromatic carbocycles. The topological polar surface area (TPSA) is 97.4 Å². The van der Waals surface area contributed by atoms with Gasteiger partial charge in [-0.2, -0.15) is 0 Å². The number of hydrogen-bond acceptors (Lipinski definition) is 5. The number of anilines is 1. The summed E-state index contributed by atoms with van der Waals surface area (Å²) in [5.41, 5.74) is 3.52. The largest absolute Gasteiger partial charge is 0.449 e. The van der Waals surface area contributed by atoms with Crippen molar-refractivity contribution in [2.75, 3.05) is 5.32 Å². The van der Waals surface area contributed by atoms with E-state index in [1.165, 1.54) is 6.92 Å². The fraction of sp³-hybridized carbons (Fsp3) is 0.217. The van der Waals surface area contributed by atoms with Gasteiger partial charge in [0.15, 0.2) is 6.10 Å². The fourth-order valence-electron chi connectivity index (χ4n) is 3.61. The Hall–Kier alpha value is -3.74. The molecule has 0 saturated carbocycles. The monoisotopic (exact) mass is 403 g/mol. The molecule has 4 rings (SSSR count). The minimum atomic E-state index is -1.14. The van der Waals surface area contributed by atoms with Crippen LogP contribution in [0.2, 0.25) is 0 Å². The fourth-order valence-corrected chi connectivity index (χ4v) is 3.61. The van der Waals surface area contributed by atoms with E-state index in [9.17, 15) is 14.4 Å². The summed E-state index contributed by atoms with van der Waals surface area (Å²) in [5.74, 6) is -1.29. The Kier molecular flexibility index (Phi) is 5.43. The lowest BCUT2D eigenvalue weighted by Gasteiger charge is -2.16. The molecule has 1 aliphatic rings. The van der Waals surface area contributed by atoms with Crippen LogP contribution in [0.3, 0.4) is 0 Å². The molecule has 1 aliphatic carbocycles. The van der Waals surface area contributed by atoms with E-state index in [2.05, 4.69) is 15.6 Å². The van der Waals surface area contributed by atoms with Crippen LogP contribution in [-0.4, -0.2) is 29.0 Å². The SMILES string of the molecule is CC(OC(=O)c1c2c(nc3ccccc13)CCC2)C(=O)NC(=O)Nc1ccccc1. The van der Waals surface area contributed by atoms with Crippen LogP contribution in [0.25, 0.3) is 10.9 Å². The predicted molar refractivity (Wildman–Crippen MR) is 112 cm³/mol. The van der Waals surface area contributed by atoms with Gasteiger partial charge in [-0.15, -0.1) is 0 Å². The van der Waals surface area contributed by atoms with Gasteiger partial charge < -0.3 is 10.1 Å². The Morgan fingerprint density at radius 3 is 2.53 bits per heavy atom. The summed E-state index contributed by atoms with van der Waals surface area (Å²) in [6, 6.07) is 15.4. The highest BCUT2D eigenvalue weighted by atomic mass is 16.5. The minimum absolute atomic E-state index is 0.460. The van der Waals surface area contributed by atoms with Gasteiger partial charge >= 0.3 is 12.0 Å². The number of ether oxygens (including phenoxy) is 1. The molecule has 7 heteroatoms. The summed E-state index contributed by atoms with van der Waals surface area (Å²) in [7, 11) is 0. The van der Waals surface area contributed by atoms with Gasteiger partial charge in [0, 0.05) is 16.8 Å². The van der Waals surface area contributed by atoms with Crippen LogP contribution >= 0.6 is 0 Å². The van der Waals surface area contributed by atoms with E-state index in [0.29, 0.717) is 16.6 Å². The summed E-state index contributed by atoms with van der Waals surface area (Å²) in [4.78, 5) is 42.0. The Morgan fingerprint density at radius 1 is 1.00 bits per heavy atom. The number of carbonyl (C=O) groups is 3. The number of amides is 3. The highest BCUT2D eigenvalue weighted by Crippen LogP contribution is 2.30. The van der Waals surface area contributed by atoms with Crippen LogP contribution in [0.1, 0.15) is 35.0 Å². The highest BCUT2D eigenvalue weighted by Gasteiger charge is 2.27. The van der Waals surface area contributed by atoms with Crippen LogP contribution in [0.4, 0.5) is 10.5 Å². The number of para-hydroxylation sites is 2. The predicted octanol–water partition coefficient (Wildman–Crippen LogP) is 3.62. The highest BCUT2D eigenvalue weighted by molar-refractivity contribution is 6.07. The zero-order valence-electron chi connectivity index (χ0n) is 16.5. The lowest BCUT2D eigenvalue weighted by atomic mass is 10.0. The molecule has 0 spiro atoms. The van der Waals surface area contributed by atoms with Crippen molar-refractivity contribution in [2.24, 2.45) is 0 Å². The van der Waals surface area contributed by atoms with Gasteiger partial charge in [-0.3, -0.25) is 15.1 Å². The molecule has 3 aromatic rings. The molecule has 30 heavy (non-hydrogen) atoms. The minimum Gasteiger partial charge on any atom is -0.449 e. The van der Waals surface area contributed by atoms with E-state index in [4.69, 9.17) is 4.74 Å². The molecule has 152 valence electrons. The second kappa shape index (κ2) is 8.32. The Balaban J connectivity index is 1.47. The molecule has 1 aromatic heterocycles. The molecular weight excluding hydrogens is 382 g/mol. The molecule has 0 saturated heterocycles. The number of fused-ring (bicyclic) bond motifs is 2. The van der Waals surface area contributed by atoms with Gasteiger partial charge in [-0.1, -0.05) is 36.4 Å². The van der Waals surface area contributed by atoms with E-state index >= 15 is 0 Å². The molecule has 7 nitrogen and oxygen atoms in total. The Morgan fingerprint density at radius 2 is 1.73 bits per heavy atom. The first-order chi connectivity index (χ1) is 14.5. The van der Waals surface area contributed by atoms with Gasteiger partial charge in [0.2, 0.25) is 0 Å². The summed E-state index contributed by atoms with van der Waals surface area (Å²) < 4.78 is 5.42. The third-order valence-electron chi connectivity index (χ3n) is 5.04. The molecular formula is C23H21N3O4. The lowest BCUT2D eigenvalue weighted by molar-refractivity contribution is -0.127. The second-order valence-electron chi connectivity index (χ2n) is 7.14. The molecule has 1 heterocycles. The first-order valence-electron chi connectivity index (χ1n) is 9.81. The molecule has 3 amide bonds. The van der Waals surface area contributed by atoms with Crippen LogP contribution < -0.4 is 10.6 Å². The number of nitrogens with one attached hydrogen (secondary N) is 2. The maximum atomic E-state index is 13.0. The van der Waals surface area contributed by atoms with Gasteiger partial charge in [0.05, 0.1) is 11.1 Å². The van der Waals surface area contributed by atoms with Gasteiger partial charge in [-0.05, 0) is 49.9 Å². The van der Waals surface area contributed by atoms with E-state index in [1.54, 1.807) is 24.3 Å². The third-order valence-corrected chi connectivity index (χ3v) is 5.04. The number of urea groups is 1. The van der Waals surface area contributed by atoms with E-state index < -0.39 is 24.0 Å². The molecule has 1 atom stereocenters. The summed E-state index contributed by atoms with van der Waals surface area (Å²) in [5, 5.41) is 5.45. The van der Waals surface area contributed by atoms with Crippen molar-refractivity contribution in [3.63, 3.8) is 0 Å². The van der Waals surface area contributed by atoms with Gasteiger partial charge in [0.25, 0.3) is 5.91 Å².